The van der Waals surface area contributed by atoms with E-state index in [0.717, 1.165) is 0 Å². The van der Waals surface area contributed by atoms with E-state index in [4.69, 9.17) is 10.5 Å². The summed E-state index contributed by atoms with van der Waals surface area (Å²) in [4.78, 5) is 35.2. The third-order valence-electron chi connectivity index (χ3n) is 4.57. The van der Waals surface area contributed by atoms with E-state index in [0.29, 0.717) is 5.56 Å². The summed E-state index contributed by atoms with van der Waals surface area (Å²) in [5, 5.41) is 1.76. The summed E-state index contributed by atoms with van der Waals surface area (Å²) >= 11 is 0. The van der Waals surface area contributed by atoms with Gasteiger partial charge in [0.05, 0.1) is 16.2 Å². The number of carbonyl (C=O) groups is 3. The summed E-state index contributed by atoms with van der Waals surface area (Å²) < 4.78 is 101. The zero-order valence-electron chi connectivity index (χ0n) is 17.1. The molecule has 9 nitrogen and oxygen atoms in total. The average Bonchev–Trinajstić information content (AvgIpc) is 3.07. The molecule has 186 valence electrons. The van der Waals surface area contributed by atoms with E-state index < -0.39 is 81.7 Å². The number of hydrogen-bond acceptors (Lipinski definition) is 7. The second-order valence-electron chi connectivity index (χ2n) is 6.92. The lowest BCUT2D eigenvalue weighted by Gasteiger charge is -2.17. The van der Waals surface area contributed by atoms with Crippen LogP contribution in [0.3, 0.4) is 0 Å². The highest BCUT2D eigenvalue weighted by atomic mass is 32.2. The maximum absolute atomic E-state index is 13.8. The Labute approximate surface area is 193 Å². The summed E-state index contributed by atoms with van der Waals surface area (Å²) in [6.45, 7) is -0.807. The fraction of sp³-hybridized carbons (Fsp3) is 0.150. The number of rotatable bonds is 7. The number of carbonyl (C=O) groups excluding carboxylic acids is 3. The molecule has 0 radical (unpaired) electrons. The van der Waals surface area contributed by atoms with E-state index in [-0.39, 0.29) is 9.80 Å². The lowest BCUT2D eigenvalue weighted by molar-refractivity contribution is -0.139. The van der Waals surface area contributed by atoms with Crippen molar-refractivity contribution < 1.29 is 54.2 Å². The molecule has 15 heteroatoms. The molecule has 0 aromatic heterocycles. The van der Waals surface area contributed by atoms with Gasteiger partial charge < -0.3 is 20.5 Å². The number of amides is 2. The van der Waals surface area contributed by atoms with Gasteiger partial charge >= 0.3 is 12.1 Å². The van der Waals surface area contributed by atoms with Crippen molar-refractivity contribution in [3.63, 3.8) is 0 Å². The molecular formula is C20H13F5N2O7S. The molecule has 2 aromatic carbocycles. The van der Waals surface area contributed by atoms with Crippen LogP contribution in [0.2, 0.25) is 0 Å². The Morgan fingerprint density at radius 3 is 2.09 bits per heavy atom. The molecule has 2 amide bonds. The van der Waals surface area contributed by atoms with Gasteiger partial charge in [0, 0.05) is 0 Å². The number of hydrogen-bond donors (Lipinski definition) is 2. The van der Waals surface area contributed by atoms with Gasteiger partial charge in [-0.3, -0.25) is 4.79 Å². The van der Waals surface area contributed by atoms with Gasteiger partial charge in [-0.25, -0.2) is 31.2 Å². The molecule has 0 saturated heterocycles. The number of sulfone groups is 1. The number of primary amides is 1. The van der Waals surface area contributed by atoms with Crippen molar-refractivity contribution in [1.82, 2.24) is 5.32 Å². The highest BCUT2D eigenvalue weighted by molar-refractivity contribution is 7.95. The lowest BCUT2D eigenvalue weighted by Crippen LogP contribution is -2.45. The predicted molar refractivity (Wildman–Crippen MR) is 106 cm³/mol. The van der Waals surface area contributed by atoms with Crippen molar-refractivity contribution >= 4 is 33.9 Å². The molecule has 0 spiro atoms. The number of esters is 1. The largest absolute Gasteiger partial charge is 0.444 e. The maximum atomic E-state index is 13.8. The van der Waals surface area contributed by atoms with Crippen LogP contribution in [0.1, 0.15) is 12.0 Å². The number of fused-ring (bicyclic) bond motifs is 1. The van der Waals surface area contributed by atoms with Crippen molar-refractivity contribution in [2.45, 2.75) is 17.4 Å². The summed E-state index contributed by atoms with van der Waals surface area (Å²) in [5.74, 6) is -17.3. The molecule has 1 aliphatic heterocycles. The van der Waals surface area contributed by atoms with Crippen LogP contribution < -0.4 is 15.8 Å². The van der Waals surface area contributed by atoms with E-state index in [2.05, 4.69) is 4.74 Å². The Morgan fingerprint density at radius 2 is 1.51 bits per heavy atom. The molecule has 1 atom stereocenters. The van der Waals surface area contributed by atoms with E-state index in [9.17, 15) is 44.8 Å². The molecule has 0 bridgehead atoms. The standard InChI is InChI=1S/C20H13F5N2O7S/c21-13-14(22)16(24)18(17(25)15(13)23)34-19(29)10(6-12(26)28)27-20(30)33-7-9-5-8-3-1-2-4-11(8)35(9,31)32/h1-5,10H,6-7H2,(H2,26,28)(H,27,30)/t10-/m0/s1. The normalized spacial score (nSPS) is 14.5. The molecule has 0 aliphatic carbocycles. The number of alkyl carbamates (subject to hydrolysis) is 1. The summed E-state index contributed by atoms with van der Waals surface area (Å²) in [5.41, 5.74) is 5.28. The molecule has 1 aliphatic rings. The number of nitrogens with two attached hydrogens (primary N) is 1. The summed E-state index contributed by atoms with van der Waals surface area (Å²) in [6, 6.07) is 3.78. The molecule has 1 heterocycles. The van der Waals surface area contributed by atoms with Crippen LogP contribution in [-0.2, 0) is 24.2 Å². The Morgan fingerprint density at radius 1 is 0.943 bits per heavy atom. The van der Waals surface area contributed by atoms with Crippen LogP contribution in [0.4, 0.5) is 26.7 Å². The quantitative estimate of drug-likeness (QED) is 0.187. The SMILES string of the molecule is NC(=O)C[C@H](NC(=O)OCC1=Cc2ccccc2S1(=O)=O)C(=O)Oc1c(F)c(F)c(F)c(F)c1F. The van der Waals surface area contributed by atoms with E-state index >= 15 is 0 Å². The Balaban J connectivity index is 1.73. The first-order valence-electron chi connectivity index (χ1n) is 9.34. The van der Waals surface area contributed by atoms with Crippen LogP contribution in [0, 0.1) is 29.1 Å². The van der Waals surface area contributed by atoms with Gasteiger partial charge in [-0.2, -0.15) is 8.78 Å². The Hall–Kier alpha value is -4.01. The van der Waals surface area contributed by atoms with Gasteiger partial charge in [0.1, 0.15) is 12.6 Å². The van der Waals surface area contributed by atoms with E-state index in [1.807, 2.05) is 0 Å². The molecule has 0 unspecified atom stereocenters. The monoisotopic (exact) mass is 520 g/mol. The number of ether oxygens (including phenoxy) is 2. The van der Waals surface area contributed by atoms with Crippen molar-refractivity contribution in [1.29, 1.82) is 0 Å². The first kappa shape index (κ1) is 25.6. The minimum Gasteiger partial charge on any atom is -0.444 e. The molecule has 3 N–H and O–H groups in total. The average molecular weight is 520 g/mol. The van der Waals surface area contributed by atoms with Crippen molar-refractivity contribution in [3.8, 4) is 5.75 Å². The van der Waals surface area contributed by atoms with Gasteiger partial charge in [0.2, 0.25) is 50.6 Å². The zero-order chi connectivity index (χ0) is 26.1. The summed E-state index contributed by atoms with van der Waals surface area (Å²) in [6.07, 6.45) is -1.29. The van der Waals surface area contributed by atoms with Gasteiger partial charge in [0.15, 0.2) is 0 Å². The topological polar surface area (TPSA) is 142 Å². The number of benzene rings is 2. The molecule has 0 saturated carbocycles. The van der Waals surface area contributed by atoms with Gasteiger partial charge in [0.25, 0.3) is 0 Å². The first-order chi connectivity index (χ1) is 16.3. The highest BCUT2D eigenvalue weighted by Crippen LogP contribution is 2.32. The van der Waals surface area contributed by atoms with Gasteiger partial charge in [-0.15, -0.1) is 0 Å². The lowest BCUT2D eigenvalue weighted by atomic mass is 10.2. The zero-order valence-corrected chi connectivity index (χ0v) is 17.9. The molecule has 2 aromatic rings. The van der Waals surface area contributed by atoms with Crippen molar-refractivity contribution in [3.05, 3.63) is 63.8 Å². The highest BCUT2D eigenvalue weighted by Gasteiger charge is 2.33. The van der Waals surface area contributed by atoms with Crippen molar-refractivity contribution in [2.75, 3.05) is 6.61 Å². The van der Waals surface area contributed by atoms with Crippen LogP contribution >= 0.6 is 0 Å². The van der Waals surface area contributed by atoms with Crippen LogP contribution in [0.15, 0.2) is 34.1 Å². The van der Waals surface area contributed by atoms with E-state index in [1.165, 1.54) is 24.3 Å². The van der Waals surface area contributed by atoms with Crippen LogP contribution in [0.5, 0.6) is 5.75 Å². The fourth-order valence-corrected chi connectivity index (χ4v) is 4.39. The molecule has 35 heavy (non-hydrogen) atoms. The second kappa shape index (κ2) is 9.69. The third-order valence-corrected chi connectivity index (χ3v) is 6.45. The number of halogens is 5. The van der Waals surface area contributed by atoms with Gasteiger partial charge in [-0.05, 0) is 17.7 Å². The first-order valence-corrected chi connectivity index (χ1v) is 10.8. The Kier molecular flexibility index (Phi) is 7.09. The minimum atomic E-state index is -3.96. The minimum absolute atomic E-state index is 0.0305. The van der Waals surface area contributed by atoms with Crippen LogP contribution in [-0.4, -0.2) is 39.0 Å². The van der Waals surface area contributed by atoms with Crippen LogP contribution in [0.25, 0.3) is 6.08 Å². The molecule has 3 rings (SSSR count). The summed E-state index contributed by atoms with van der Waals surface area (Å²) in [7, 11) is -3.96. The molecular weight excluding hydrogens is 507 g/mol. The second-order valence-corrected chi connectivity index (χ2v) is 8.89. The van der Waals surface area contributed by atoms with E-state index in [1.54, 1.807) is 11.4 Å². The van der Waals surface area contributed by atoms with Crippen molar-refractivity contribution in [2.24, 2.45) is 5.73 Å². The predicted octanol–water partition coefficient (Wildman–Crippen LogP) is 2.09. The third kappa shape index (κ3) is 5.08. The fourth-order valence-electron chi connectivity index (χ4n) is 2.92. The van der Waals surface area contributed by atoms with Gasteiger partial charge in [-0.1, -0.05) is 18.2 Å². The Bertz CT molecular complexity index is 1350. The number of nitrogens with one attached hydrogen (secondary N) is 1. The smallest absolute Gasteiger partial charge is 0.408 e. The maximum Gasteiger partial charge on any atom is 0.408 e. The molecule has 0 fully saturated rings.